The highest BCUT2D eigenvalue weighted by atomic mass is 127. The summed E-state index contributed by atoms with van der Waals surface area (Å²) in [4.78, 5) is 7.30. The van der Waals surface area contributed by atoms with E-state index in [0.717, 1.165) is 57.7 Å². The minimum absolute atomic E-state index is 0. The lowest BCUT2D eigenvalue weighted by atomic mass is 9.87. The summed E-state index contributed by atoms with van der Waals surface area (Å²) in [5.41, 5.74) is 0. The number of morpholine rings is 1. The van der Waals surface area contributed by atoms with Crippen LogP contribution < -0.4 is 5.32 Å². The van der Waals surface area contributed by atoms with Gasteiger partial charge in [-0.1, -0.05) is 32.1 Å². The van der Waals surface area contributed by atoms with Crippen LogP contribution in [0, 0.1) is 5.92 Å². The fourth-order valence-electron chi connectivity index (χ4n) is 4.24. The topological polar surface area (TPSA) is 46.1 Å². The zero-order chi connectivity index (χ0) is 16.6. The Morgan fingerprint density at radius 2 is 1.84 bits per heavy atom. The van der Waals surface area contributed by atoms with Crippen molar-refractivity contribution < 1.29 is 9.47 Å². The summed E-state index contributed by atoms with van der Waals surface area (Å²) in [5, 5.41) is 3.48. The van der Waals surface area contributed by atoms with Crippen LogP contribution in [0.3, 0.4) is 0 Å². The summed E-state index contributed by atoms with van der Waals surface area (Å²) < 4.78 is 11.8. The van der Waals surface area contributed by atoms with E-state index in [1.807, 2.05) is 0 Å². The summed E-state index contributed by atoms with van der Waals surface area (Å²) >= 11 is 0. The zero-order valence-corrected chi connectivity index (χ0v) is 18.1. The van der Waals surface area contributed by atoms with Crippen LogP contribution in [0.25, 0.3) is 0 Å². The Kier molecular flexibility index (Phi) is 9.84. The summed E-state index contributed by atoms with van der Waals surface area (Å²) in [7, 11) is 0. The van der Waals surface area contributed by atoms with Crippen LogP contribution in [0.4, 0.5) is 0 Å². The number of rotatable bonds is 5. The second-order valence-electron chi connectivity index (χ2n) is 7.44. The first kappa shape index (κ1) is 21.2. The third-order valence-corrected chi connectivity index (χ3v) is 5.63. The van der Waals surface area contributed by atoms with Crippen molar-refractivity contribution in [2.45, 2.75) is 70.5 Å². The van der Waals surface area contributed by atoms with E-state index in [0.29, 0.717) is 0 Å². The second-order valence-corrected chi connectivity index (χ2v) is 7.44. The van der Waals surface area contributed by atoms with E-state index in [9.17, 15) is 0 Å². The molecule has 2 unspecified atom stereocenters. The molecule has 0 bridgehead atoms. The quantitative estimate of drug-likeness (QED) is 0.384. The van der Waals surface area contributed by atoms with Crippen molar-refractivity contribution in [3.63, 3.8) is 0 Å². The molecule has 3 fully saturated rings. The normalized spacial score (nSPS) is 28.7. The average Bonchev–Trinajstić information content (AvgIpc) is 3.17. The molecule has 2 atom stereocenters. The number of aliphatic imine (C=N–C) groups is 1. The fourth-order valence-corrected chi connectivity index (χ4v) is 4.24. The molecule has 1 saturated carbocycles. The third-order valence-electron chi connectivity index (χ3n) is 5.63. The molecular weight excluding hydrogens is 429 g/mol. The lowest BCUT2D eigenvalue weighted by Crippen LogP contribution is -2.53. The van der Waals surface area contributed by atoms with Crippen molar-refractivity contribution in [3.8, 4) is 0 Å². The maximum absolute atomic E-state index is 5.97. The number of nitrogens with one attached hydrogen (secondary N) is 1. The van der Waals surface area contributed by atoms with Gasteiger partial charge in [-0.3, -0.25) is 4.99 Å². The van der Waals surface area contributed by atoms with E-state index in [-0.39, 0.29) is 36.2 Å². The van der Waals surface area contributed by atoms with Gasteiger partial charge in [-0.2, -0.15) is 0 Å². The zero-order valence-electron chi connectivity index (χ0n) is 15.8. The van der Waals surface area contributed by atoms with Crippen LogP contribution >= 0.6 is 24.0 Å². The highest BCUT2D eigenvalue weighted by molar-refractivity contribution is 14.0. The molecule has 1 aliphatic carbocycles. The molecule has 0 amide bonds. The maximum Gasteiger partial charge on any atom is 0.194 e. The Bertz CT molecular complexity index is 396. The molecule has 0 aromatic rings. The third kappa shape index (κ3) is 6.54. The van der Waals surface area contributed by atoms with Gasteiger partial charge in [0.1, 0.15) is 6.10 Å². The Balaban J connectivity index is 0.00000225. The van der Waals surface area contributed by atoms with Crippen LogP contribution in [0.2, 0.25) is 0 Å². The van der Waals surface area contributed by atoms with Gasteiger partial charge >= 0.3 is 0 Å². The summed E-state index contributed by atoms with van der Waals surface area (Å²) in [5.74, 6) is 1.97. The summed E-state index contributed by atoms with van der Waals surface area (Å²) in [6, 6.07) is 0. The SMILES string of the molecule is CCNC(=NCCC1CCCCC1)N1CCOC(C2CCCO2)C1.I. The Labute approximate surface area is 170 Å². The number of guanidine groups is 1. The highest BCUT2D eigenvalue weighted by Crippen LogP contribution is 2.26. The van der Waals surface area contributed by atoms with Crippen LogP contribution in [0.1, 0.15) is 58.3 Å². The number of hydrogen-bond donors (Lipinski definition) is 1. The van der Waals surface area contributed by atoms with Crippen molar-refractivity contribution in [1.82, 2.24) is 10.2 Å². The van der Waals surface area contributed by atoms with Crippen molar-refractivity contribution in [3.05, 3.63) is 0 Å². The van der Waals surface area contributed by atoms with Gasteiger partial charge in [0, 0.05) is 32.8 Å². The standard InChI is InChI=1S/C19H35N3O2.HI/c1-2-20-19(21-11-10-16-7-4-3-5-8-16)22-12-14-24-18(15-22)17-9-6-13-23-17;/h16-18H,2-15H2,1H3,(H,20,21);1H. The van der Waals surface area contributed by atoms with Gasteiger partial charge < -0.3 is 19.7 Å². The predicted octanol–water partition coefficient (Wildman–Crippen LogP) is 3.42. The molecule has 5 nitrogen and oxygen atoms in total. The molecular formula is C19H36IN3O2. The van der Waals surface area contributed by atoms with E-state index < -0.39 is 0 Å². The minimum atomic E-state index is 0. The van der Waals surface area contributed by atoms with Crippen molar-refractivity contribution in [2.24, 2.45) is 10.9 Å². The Morgan fingerprint density at radius 1 is 1.04 bits per heavy atom. The van der Waals surface area contributed by atoms with Gasteiger partial charge in [0.05, 0.1) is 12.7 Å². The van der Waals surface area contributed by atoms with Crippen LogP contribution in [-0.2, 0) is 9.47 Å². The number of ether oxygens (including phenoxy) is 2. The van der Waals surface area contributed by atoms with Crippen LogP contribution in [0.5, 0.6) is 0 Å². The van der Waals surface area contributed by atoms with Gasteiger partial charge in [0.15, 0.2) is 5.96 Å². The van der Waals surface area contributed by atoms with Gasteiger partial charge in [0.25, 0.3) is 0 Å². The van der Waals surface area contributed by atoms with Crippen LogP contribution in [-0.4, -0.2) is 62.5 Å². The number of nitrogens with zero attached hydrogens (tertiary/aromatic N) is 2. The van der Waals surface area contributed by atoms with E-state index in [1.165, 1.54) is 44.9 Å². The maximum atomic E-state index is 5.97. The fraction of sp³-hybridized carbons (Fsp3) is 0.947. The van der Waals surface area contributed by atoms with E-state index in [2.05, 4.69) is 17.1 Å². The van der Waals surface area contributed by atoms with Crippen LogP contribution in [0.15, 0.2) is 4.99 Å². The largest absolute Gasteiger partial charge is 0.375 e. The molecule has 2 heterocycles. The molecule has 0 aromatic carbocycles. The molecule has 2 saturated heterocycles. The van der Waals surface area contributed by atoms with Gasteiger partial charge in [0.2, 0.25) is 0 Å². The molecule has 6 heteroatoms. The summed E-state index contributed by atoms with van der Waals surface area (Å²) in [6.07, 6.45) is 11.1. The molecule has 146 valence electrons. The first-order valence-corrected chi connectivity index (χ1v) is 10.1. The summed E-state index contributed by atoms with van der Waals surface area (Å²) in [6.45, 7) is 7.52. The first-order valence-electron chi connectivity index (χ1n) is 10.1. The predicted molar refractivity (Wildman–Crippen MR) is 113 cm³/mol. The minimum Gasteiger partial charge on any atom is -0.375 e. The average molecular weight is 465 g/mol. The second kappa shape index (κ2) is 11.6. The van der Waals surface area contributed by atoms with Crippen molar-refractivity contribution >= 4 is 29.9 Å². The molecule has 25 heavy (non-hydrogen) atoms. The van der Waals surface area contributed by atoms with Crippen molar-refractivity contribution in [2.75, 3.05) is 39.4 Å². The molecule has 0 radical (unpaired) electrons. The highest BCUT2D eigenvalue weighted by Gasteiger charge is 2.32. The van der Waals surface area contributed by atoms with E-state index in [4.69, 9.17) is 14.5 Å². The lowest BCUT2D eigenvalue weighted by Gasteiger charge is -2.37. The first-order chi connectivity index (χ1) is 11.9. The van der Waals surface area contributed by atoms with Gasteiger partial charge in [-0.05, 0) is 32.1 Å². The molecule has 3 rings (SSSR count). The molecule has 2 aliphatic heterocycles. The van der Waals surface area contributed by atoms with Gasteiger partial charge in [-0.15, -0.1) is 24.0 Å². The molecule has 0 spiro atoms. The molecule has 0 aromatic heterocycles. The number of halogens is 1. The molecule has 1 N–H and O–H groups in total. The molecule has 3 aliphatic rings. The smallest absolute Gasteiger partial charge is 0.194 e. The van der Waals surface area contributed by atoms with Gasteiger partial charge in [-0.25, -0.2) is 0 Å². The lowest BCUT2D eigenvalue weighted by molar-refractivity contribution is -0.0817. The Morgan fingerprint density at radius 3 is 2.56 bits per heavy atom. The van der Waals surface area contributed by atoms with E-state index in [1.54, 1.807) is 0 Å². The van der Waals surface area contributed by atoms with Crippen molar-refractivity contribution in [1.29, 1.82) is 0 Å². The Hall–Kier alpha value is -0.0800. The van der Waals surface area contributed by atoms with E-state index >= 15 is 0 Å². The monoisotopic (exact) mass is 465 g/mol. The number of hydrogen-bond acceptors (Lipinski definition) is 3.